The molecular formula is C17H34IN3O2. The SMILES string of the molecule is CCNC(=NCC1(C)CCCCC1O)N(C)CC1CCOC1.I. The number of nitrogens with zero attached hydrogens (tertiary/aromatic N) is 2. The summed E-state index contributed by atoms with van der Waals surface area (Å²) in [6.45, 7) is 8.56. The second-order valence-corrected chi connectivity index (χ2v) is 7.20. The molecule has 0 radical (unpaired) electrons. The highest BCUT2D eigenvalue weighted by molar-refractivity contribution is 14.0. The quantitative estimate of drug-likeness (QED) is 0.393. The Bertz CT molecular complexity index is 375. The highest BCUT2D eigenvalue weighted by Crippen LogP contribution is 2.36. The smallest absolute Gasteiger partial charge is 0.193 e. The predicted octanol–water partition coefficient (Wildman–Crippen LogP) is 2.48. The summed E-state index contributed by atoms with van der Waals surface area (Å²) in [5.74, 6) is 1.55. The van der Waals surface area contributed by atoms with Crippen LogP contribution in [0.5, 0.6) is 0 Å². The summed E-state index contributed by atoms with van der Waals surface area (Å²) in [5.41, 5.74) is -0.0732. The highest BCUT2D eigenvalue weighted by Gasteiger charge is 2.35. The van der Waals surface area contributed by atoms with Gasteiger partial charge in [0.05, 0.1) is 19.3 Å². The molecule has 0 aromatic rings. The van der Waals surface area contributed by atoms with Gasteiger partial charge in [0.15, 0.2) is 5.96 Å². The normalized spacial score (nSPS) is 31.6. The van der Waals surface area contributed by atoms with Crippen molar-refractivity contribution in [3.8, 4) is 0 Å². The monoisotopic (exact) mass is 439 g/mol. The maximum Gasteiger partial charge on any atom is 0.193 e. The first-order chi connectivity index (χ1) is 10.5. The van der Waals surface area contributed by atoms with E-state index in [0.29, 0.717) is 12.5 Å². The fraction of sp³-hybridized carbons (Fsp3) is 0.941. The molecule has 0 spiro atoms. The van der Waals surface area contributed by atoms with Gasteiger partial charge < -0.3 is 20.1 Å². The zero-order valence-electron chi connectivity index (χ0n) is 14.9. The Morgan fingerprint density at radius 3 is 2.78 bits per heavy atom. The molecule has 0 amide bonds. The largest absolute Gasteiger partial charge is 0.392 e. The van der Waals surface area contributed by atoms with E-state index in [0.717, 1.165) is 57.9 Å². The van der Waals surface area contributed by atoms with Crippen LogP contribution in [0.1, 0.15) is 46.0 Å². The third-order valence-electron chi connectivity index (χ3n) is 5.12. The Labute approximate surface area is 158 Å². The van der Waals surface area contributed by atoms with Gasteiger partial charge in [-0.15, -0.1) is 24.0 Å². The first-order valence-corrected chi connectivity index (χ1v) is 8.80. The van der Waals surface area contributed by atoms with Gasteiger partial charge in [0, 0.05) is 38.1 Å². The topological polar surface area (TPSA) is 57.1 Å². The Morgan fingerprint density at radius 2 is 2.17 bits per heavy atom. The van der Waals surface area contributed by atoms with Gasteiger partial charge in [-0.05, 0) is 26.2 Å². The first kappa shape index (κ1) is 21.0. The van der Waals surface area contributed by atoms with Gasteiger partial charge in [-0.1, -0.05) is 19.8 Å². The van der Waals surface area contributed by atoms with Crippen LogP contribution in [0, 0.1) is 11.3 Å². The van der Waals surface area contributed by atoms with Crippen LogP contribution in [-0.2, 0) is 4.74 Å². The van der Waals surface area contributed by atoms with Crippen molar-refractivity contribution in [1.82, 2.24) is 10.2 Å². The minimum absolute atomic E-state index is 0. The lowest BCUT2D eigenvalue weighted by Crippen LogP contribution is -2.43. The third kappa shape index (κ3) is 6.05. The number of aliphatic imine (C=N–C) groups is 1. The maximum absolute atomic E-state index is 10.3. The van der Waals surface area contributed by atoms with E-state index in [4.69, 9.17) is 9.73 Å². The van der Waals surface area contributed by atoms with Crippen molar-refractivity contribution < 1.29 is 9.84 Å². The van der Waals surface area contributed by atoms with Crippen LogP contribution in [-0.4, -0.2) is 62.0 Å². The lowest BCUT2D eigenvalue weighted by molar-refractivity contribution is 0.00704. The molecule has 0 aromatic carbocycles. The van der Waals surface area contributed by atoms with Crippen LogP contribution < -0.4 is 5.32 Å². The van der Waals surface area contributed by atoms with E-state index in [-0.39, 0.29) is 35.5 Å². The highest BCUT2D eigenvalue weighted by atomic mass is 127. The number of hydrogen-bond donors (Lipinski definition) is 2. The van der Waals surface area contributed by atoms with Gasteiger partial charge >= 0.3 is 0 Å². The van der Waals surface area contributed by atoms with Crippen LogP contribution in [0.15, 0.2) is 4.99 Å². The number of hydrogen-bond acceptors (Lipinski definition) is 3. The molecule has 2 fully saturated rings. The van der Waals surface area contributed by atoms with Crippen LogP contribution in [0.4, 0.5) is 0 Å². The number of halogens is 1. The molecule has 0 aromatic heterocycles. The van der Waals surface area contributed by atoms with Gasteiger partial charge in [0.2, 0.25) is 0 Å². The molecule has 1 aliphatic heterocycles. The molecule has 1 saturated carbocycles. The van der Waals surface area contributed by atoms with E-state index in [9.17, 15) is 5.11 Å². The summed E-state index contributed by atoms with van der Waals surface area (Å²) in [5, 5.41) is 13.7. The second kappa shape index (κ2) is 10.0. The van der Waals surface area contributed by atoms with Crippen molar-refractivity contribution in [2.24, 2.45) is 16.3 Å². The van der Waals surface area contributed by atoms with Crippen molar-refractivity contribution in [2.45, 2.75) is 52.1 Å². The molecular weight excluding hydrogens is 405 g/mol. The van der Waals surface area contributed by atoms with Crippen LogP contribution in [0.3, 0.4) is 0 Å². The molecule has 23 heavy (non-hydrogen) atoms. The Balaban J connectivity index is 0.00000264. The number of ether oxygens (including phenoxy) is 1. The molecule has 6 heteroatoms. The van der Waals surface area contributed by atoms with Crippen LogP contribution in [0.2, 0.25) is 0 Å². The molecule has 0 bridgehead atoms. The summed E-state index contributed by atoms with van der Waals surface area (Å²) in [6.07, 6.45) is 5.24. The van der Waals surface area contributed by atoms with Crippen molar-refractivity contribution in [3.05, 3.63) is 0 Å². The lowest BCUT2D eigenvalue weighted by atomic mass is 9.73. The van der Waals surface area contributed by atoms with E-state index >= 15 is 0 Å². The van der Waals surface area contributed by atoms with Gasteiger partial charge in [0.25, 0.3) is 0 Å². The molecule has 5 nitrogen and oxygen atoms in total. The molecule has 1 saturated heterocycles. The Morgan fingerprint density at radius 1 is 1.39 bits per heavy atom. The van der Waals surface area contributed by atoms with E-state index < -0.39 is 0 Å². The number of aliphatic hydroxyl groups excluding tert-OH is 1. The molecule has 3 atom stereocenters. The fourth-order valence-corrected chi connectivity index (χ4v) is 3.49. The standard InChI is InChI=1S/C17H33N3O2.HI/c1-4-18-16(20(3)11-14-8-10-22-12-14)19-13-17(2)9-6-5-7-15(17)21;/h14-15,21H,4-13H2,1-3H3,(H,18,19);1H. The zero-order chi connectivity index (χ0) is 16.0. The number of aliphatic hydroxyl groups is 1. The average molecular weight is 439 g/mol. The number of nitrogens with one attached hydrogen (secondary N) is 1. The summed E-state index contributed by atoms with van der Waals surface area (Å²) in [6, 6.07) is 0. The number of rotatable bonds is 5. The minimum atomic E-state index is -0.221. The first-order valence-electron chi connectivity index (χ1n) is 8.80. The van der Waals surface area contributed by atoms with Crippen molar-refractivity contribution >= 4 is 29.9 Å². The van der Waals surface area contributed by atoms with Gasteiger partial charge in [0.1, 0.15) is 0 Å². The average Bonchev–Trinajstić information content (AvgIpc) is 2.99. The van der Waals surface area contributed by atoms with Gasteiger partial charge in [-0.3, -0.25) is 4.99 Å². The van der Waals surface area contributed by atoms with E-state index in [1.54, 1.807) is 0 Å². The zero-order valence-corrected chi connectivity index (χ0v) is 17.2. The van der Waals surface area contributed by atoms with Gasteiger partial charge in [-0.2, -0.15) is 0 Å². The van der Waals surface area contributed by atoms with Crippen molar-refractivity contribution in [2.75, 3.05) is 39.9 Å². The Hall–Kier alpha value is -0.0800. The van der Waals surface area contributed by atoms with Crippen molar-refractivity contribution in [3.63, 3.8) is 0 Å². The molecule has 2 aliphatic rings. The molecule has 136 valence electrons. The summed E-state index contributed by atoms with van der Waals surface area (Å²) >= 11 is 0. The molecule has 1 heterocycles. The van der Waals surface area contributed by atoms with Crippen LogP contribution >= 0.6 is 24.0 Å². The third-order valence-corrected chi connectivity index (χ3v) is 5.12. The summed E-state index contributed by atoms with van der Waals surface area (Å²) in [4.78, 5) is 7.04. The maximum atomic E-state index is 10.3. The number of guanidine groups is 1. The molecule has 1 aliphatic carbocycles. The van der Waals surface area contributed by atoms with Gasteiger partial charge in [-0.25, -0.2) is 0 Å². The second-order valence-electron chi connectivity index (χ2n) is 7.20. The Kier molecular flexibility index (Phi) is 9.15. The predicted molar refractivity (Wildman–Crippen MR) is 106 cm³/mol. The van der Waals surface area contributed by atoms with E-state index in [1.165, 1.54) is 6.42 Å². The van der Waals surface area contributed by atoms with E-state index in [1.807, 2.05) is 0 Å². The lowest BCUT2D eigenvalue weighted by Gasteiger charge is -2.37. The van der Waals surface area contributed by atoms with Crippen LogP contribution in [0.25, 0.3) is 0 Å². The minimum Gasteiger partial charge on any atom is -0.392 e. The molecule has 3 unspecified atom stereocenters. The molecule has 2 N–H and O–H groups in total. The fourth-order valence-electron chi connectivity index (χ4n) is 3.49. The van der Waals surface area contributed by atoms with Crippen molar-refractivity contribution in [1.29, 1.82) is 0 Å². The molecule has 2 rings (SSSR count). The summed E-state index contributed by atoms with van der Waals surface area (Å²) < 4.78 is 5.46. The summed E-state index contributed by atoms with van der Waals surface area (Å²) in [7, 11) is 2.10. The van der Waals surface area contributed by atoms with E-state index in [2.05, 4.69) is 31.1 Å².